The van der Waals surface area contributed by atoms with E-state index in [-0.39, 0.29) is 5.82 Å². The molecule has 0 aliphatic carbocycles. The molecule has 1 aromatic rings. The van der Waals surface area contributed by atoms with Crippen LogP contribution in [0.5, 0.6) is 0 Å². The van der Waals surface area contributed by atoms with Crippen molar-refractivity contribution in [3.05, 3.63) is 18.1 Å². The first-order valence-electron chi connectivity index (χ1n) is 7.07. The first kappa shape index (κ1) is 13.8. The van der Waals surface area contributed by atoms with E-state index in [1.54, 1.807) is 0 Å². The standard InChI is InChI=1S/C14H20BFN2O2/c1-13(2)14(3,4)20-15(19-13)11-10(16)6-7-17-12(11)18-8-5-9-18/h6-7H,5,8-9H2,1-4H3. The third-order valence-corrected chi connectivity index (χ3v) is 4.56. The van der Waals surface area contributed by atoms with Gasteiger partial charge in [0.1, 0.15) is 11.6 Å². The molecule has 0 amide bonds. The summed E-state index contributed by atoms with van der Waals surface area (Å²) in [5.74, 6) is 0.329. The van der Waals surface area contributed by atoms with Crippen molar-refractivity contribution in [3.8, 4) is 0 Å². The van der Waals surface area contributed by atoms with Gasteiger partial charge in [-0.05, 0) is 40.2 Å². The summed E-state index contributed by atoms with van der Waals surface area (Å²) in [6.45, 7) is 9.66. The van der Waals surface area contributed by atoms with Gasteiger partial charge in [-0.1, -0.05) is 0 Å². The van der Waals surface area contributed by atoms with Crippen molar-refractivity contribution in [1.82, 2.24) is 4.98 Å². The molecular formula is C14H20BFN2O2. The first-order valence-corrected chi connectivity index (χ1v) is 7.07. The summed E-state index contributed by atoms with van der Waals surface area (Å²) in [6.07, 6.45) is 2.61. The zero-order chi connectivity index (χ0) is 14.5. The number of anilines is 1. The second-order valence-electron chi connectivity index (χ2n) is 6.46. The summed E-state index contributed by atoms with van der Waals surface area (Å²) in [6, 6.07) is 1.36. The van der Waals surface area contributed by atoms with Crippen molar-refractivity contribution >= 4 is 18.4 Å². The predicted octanol–water partition coefficient (Wildman–Crippen LogP) is 1.73. The van der Waals surface area contributed by atoms with Gasteiger partial charge in [-0.3, -0.25) is 0 Å². The van der Waals surface area contributed by atoms with Gasteiger partial charge in [0.15, 0.2) is 0 Å². The Morgan fingerprint density at radius 2 is 1.80 bits per heavy atom. The second-order valence-corrected chi connectivity index (χ2v) is 6.46. The van der Waals surface area contributed by atoms with Crippen LogP contribution in [0.15, 0.2) is 12.3 Å². The Morgan fingerprint density at radius 3 is 2.30 bits per heavy atom. The van der Waals surface area contributed by atoms with Crippen LogP contribution in [0.3, 0.4) is 0 Å². The zero-order valence-corrected chi connectivity index (χ0v) is 12.4. The van der Waals surface area contributed by atoms with E-state index in [0.29, 0.717) is 11.3 Å². The maximum absolute atomic E-state index is 14.3. The van der Waals surface area contributed by atoms with Gasteiger partial charge < -0.3 is 14.2 Å². The fourth-order valence-electron chi connectivity index (χ4n) is 2.40. The third-order valence-electron chi connectivity index (χ3n) is 4.56. The predicted molar refractivity (Wildman–Crippen MR) is 76.7 cm³/mol. The molecule has 2 aliphatic rings. The Balaban J connectivity index is 1.99. The van der Waals surface area contributed by atoms with E-state index in [1.807, 2.05) is 27.7 Å². The van der Waals surface area contributed by atoms with Gasteiger partial charge in [0.2, 0.25) is 0 Å². The molecule has 1 aromatic heterocycles. The SMILES string of the molecule is CC1(C)OB(c2c(F)ccnc2N2CCC2)OC1(C)C. The average Bonchev–Trinajstić information content (AvgIpc) is 2.45. The van der Waals surface area contributed by atoms with Crippen molar-refractivity contribution < 1.29 is 13.7 Å². The molecule has 4 nitrogen and oxygen atoms in total. The van der Waals surface area contributed by atoms with Crippen molar-refractivity contribution in [2.45, 2.75) is 45.3 Å². The van der Waals surface area contributed by atoms with E-state index < -0.39 is 18.3 Å². The van der Waals surface area contributed by atoms with Crippen LogP contribution >= 0.6 is 0 Å². The summed E-state index contributed by atoms with van der Waals surface area (Å²) in [4.78, 5) is 6.39. The van der Waals surface area contributed by atoms with Gasteiger partial charge in [-0.15, -0.1) is 0 Å². The summed E-state index contributed by atoms with van der Waals surface area (Å²) < 4.78 is 26.2. The Kier molecular flexibility index (Phi) is 3.06. The average molecular weight is 278 g/mol. The Bertz CT molecular complexity index is 516. The highest BCUT2D eigenvalue weighted by Gasteiger charge is 2.53. The molecule has 0 saturated carbocycles. The number of hydrogen-bond donors (Lipinski definition) is 0. The smallest absolute Gasteiger partial charge is 0.399 e. The van der Waals surface area contributed by atoms with Crippen molar-refractivity contribution in [2.75, 3.05) is 18.0 Å². The molecule has 108 valence electrons. The van der Waals surface area contributed by atoms with Gasteiger partial charge >= 0.3 is 7.12 Å². The molecule has 0 spiro atoms. The monoisotopic (exact) mass is 278 g/mol. The first-order chi connectivity index (χ1) is 9.32. The molecule has 3 rings (SSSR count). The molecule has 0 aromatic carbocycles. The largest absolute Gasteiger partial charge is 0.501 e. The third kappa shape index (κ3) is 2.02. The molecule has 2 aliphatic heterocycles. The van der Waals surface area contributed by atoms with Crippen molar-refractivity contribution in [2.24, 2.45) is 0 Å². The van der Waals surface area contributed by atoms with Crippen molar-refractivity contribution in [3.63, 3.8) is 0 Å². The van der Waals surface area contributed by atoms with Gasteiger partial charge in [-0.25, -0.2) is 9.37 Å². The lowest BCUT2D eigenvalue weighted by molar-refractivity contribution is 0.00578. The lowest BCUT2D eigenvalue weighted by atomic mass is 9.78. The quantitative estimate of drug-likeness (QED) is 0.772. The van der Waals surface area contributed by atoms with E-state index in [4.69, 9.17) is 9.31 Å². The maximum atomic E-state index is 14.3. The van der Waals surface area contributed by atoms with Gasteiger partial charge in [-0.2, -0.15) is 0 Å². The molecule has 0 atom stereocenters. The topological polar surface area (TPSA) is 34.6 Å². The van der Waals surface area contributed by atoms with Crippen LogP contribution in [0.2, 0.25) is 0 Å². The van der Waals surface area contributed by atoms with Crippen molar-refractivity contribution in [1.29, 1.82) is 0 Å². The number of hydrogen-bond acceptors (Lipinski definition) is 4. The number of halogens is 1. The number of aromatic nitrogens is 1. The number of nitrogens with zero attached hydrogens (tertiary/aromatic N) is 2. The fraction of sp³-hybridized carbons (Fsp3) is 0.643. The molecule has 2 saturated heterocycles. The minimum absolute atomic E-state index is 0.319. The summed E-state index contributed by atoms with van der Waals surface area (Å²) in [7, 11) is -0.704. The maximum Gasteiger partial charge on any atom is 0.501 e. The summed E-state index contributed by atoms with van der Waals surface area (Å²) in [5.41, 5.74) is -0.538. The van der Waals surface area contributed by atoms with Crippen LogP contribution < -0.4 is 10.4 Å². The van der Waals surface area contributed by atoms with Crippen LogP contribution in [-0.2, 0) is 9.31 Å². The fourth-order valence-corrected chi connectivity index (χ4v) is 2.40. The van der Waals surface area contributed by atoms with E-state index in [1.165, 1.54) is 12.3 Å². The second kappa shape index (κ2) is 4.43. The highest BCUT2D eigenvalue weighted by molar-refractivity contribution is 6.63. The van der Waals surface area contributed by atoms with Crippen LogP contribution in [-0.4, -0.2) is 36.4 Å². The number of rotatable bonds is 2. The van der Waals surface area contributed by atoms with Crippen LogP contribution in [0, 0.1) is 5.82 Å². The molecule has 6 heteroatoms. The van der Waals surface area contributed by atoms with Crippen LogP contribution in [0.1, 0.15) is 34.1 Å². The van der Waals surface area contributed by atoms with Gasteiger partial charge in [0.05, 0.1) is 16.7 Å². The highest BCUT2D eigenvalue weighted by atomic mass is 19.1. The molecular weight excluding hydrogens is 258 g/mol. The van der Waals surface area contributed by atoms with Gasteiger partial charge in [0.25, 0.3) is 0 Å². The van der Waals surface area contributed by atoms with E-state index in [0.717, 1.165) is 19.5 Å². The molecule has 2 fully saturated rings. The lowest BCUT2D eigenvalue weighted by Crippen LogP contribution is -2.46. The Labute approximate surface area is 119 Å². The molecule has 0 bridgehead atoms. The van der Waals surface area contributed by atoms with E-state index in [2.05, 4.69) is 9.88 Å². The normalized spacial score (nSPS) is 23.9. The van der Waals surface area contributed by atoms with Crippen LogP contribution in [0.4, 0.5) is 10.2 Å². The molecule has 0 unspecified atom stereocenters. The molecule has 20 heavy (non-hydrogen) atoms. The Hall–Kier alpha value is -1.14. The lowest BCUT2D eigenvalue weighted by Gasteiger charge is -2.33. The van der Waals surface area contributed by atoms with Gasteiger partial charge in [0, 0.05) is 19.3 Å². The summed E-state index contributed by atoms with van der Waals surface area (Å²) in [5, 5.41) is 0. The summed E-state index contributed by atoms with van der Waals surface area (Å²) >= 11 is 0. The molecule has 3 heterocycles. The number of pyridine rings is 1. The molecule has 0 radical (unpaired) electrons. The van der Waals surface area contributed by atoms with E-state index in [9.17, 15) is 4.39 Å². The highest BCUT2D eigenvalue weighted by Crippen LogP contribution is 2.37. The van der Waals surface area contributed by atoms with Crippen LogP contribution in [0.25, 0.3) is 0 Å². The zero-order valence-electron chi connectivity index (χ0n) is 12.4. The minimum atomic E-state index is -0.704. The van der Waals surface area contributed by atoms with E-state index >= 15 is 0 Å². The minimum Gasteiger partial charge on any atom is -0.399 e. The molecule has 0 N–H and O–H groups in total. The Morgan fingerprint density at radius 1 is 1.20 bits per heavy atom.